The number of rotatable bonds is 4. The van der Waals surface area contributed by atoms with E-state index < -0.39 is 10.0 Å². The van der Waals surface area contributed by atoms with Gasteiger partial charge in [-0.05, 0) is 47.6 Å². The molecule has 0 aliphatic carbocycles. The van der Waals surface area contributed by atoms with Gasteiger partial charge >= 0.3 is 0 Å². The molecule has 1 aliphatic heterocycles. The molecular formula is C21H24N2O2S. The van der Waals surface area contributed by atoms with Crippen molar-refractivity contribution in [1.29, 1.82) is 0 Å². The highest BCUT2D eigenvalue weighted by molar-refractivity contribution is 7.89. The van der Waals surface area contributed by atoms with Crippen LogP contribution in [-0.4, -0.2) is 30.8 Å². The summed E-state index contributed by atoms with van der Waals surface area (Å²) in [4.78, 5) is 3.84. The van der Waals surface area contributed by atoms with Gasteiger partial charge in [-0.3, -0.25) is 0 Å². The number of para-hydroxylation sites is 1. The third kappa shape index (κ3) is 3.06. The summed E-state index contributed by atoms with van der Waals surface area (Å²) in [5, 5.41) is 1.17. The first kappa shape index (κ1) is 17.3. The van der Waals surface area contributed by atoms with Crippen LogP contribution in [0.15, 0.2) is 59.5 Å². The van der Waals surface area contributed by atoms with E-state index in [1.54, 1.807) is 16.4 Å². The molecule has 136 valence electrons. The molecule has 0 saturated carbocycles. The molecule has 1 unspecified atom stereocenters. The summed E-state index contributed by atoms with van der Waals surface area (Å²) in [6, 6.07) is 17.6. The molecule has 2 aromatic carbocycles. The SMILES string of the molecule is CC(C)c1ccc(S(=O)(=O)N2CCC(c3cc4ccccc4[nH]3)C2)cc1. The molecule has 0 spiro atoms. The summed E-state index contributed by atoms with van der Waals surface area (Å²) in [6.07, 6.45) is 0.843. The third-order valence-electron chi connectivity index (χ3n) is 5.33. The van der Waals surface area contributed by atoms with E-state index in [-0.39, 0.29) is 5.92 Å². The predicted octanol–water partition coefficient (Wildman–Crippen LogP) is 4.47. The van der Waals surface area contributed by atoms with Crippen LogP contribution < -0.4 is 0 Å². The molecule has 1 fully saturated rings. The fourth-order valence-electron chi connectivity index (χ4n) is 3.69. The van der Waals surface area contributed by atoms with Gasteiger partial charge in [-0.1, -0.05) is 44.2 Å². The average molecular weight is 369 g/mol. The Balaban J connectivity index is 1.55. The highest BCUT2D eigenvalue weighted by Crippen LogP contribution is 2.32. The van der Waals surface area contributed by atoms with Crippen molar-refractivity contribution in [2.75, 3.05) is 13.1 Å². The van der Waals surface area contributed by atoms with Crippen LogP contribution in [0.4, 0.5) is 0 Å². The van der Waals surface area contributed by atoms with E-state index in [9.17, 15) is 8.42 Å². The van der Waals surface area contributed by atoms with Crippen molar-refractivity contribution in [3.8, 4) is 0 Å². The maximum Gasteiger partial charge on any atom is 0.243 e. The lowest BCUT2D eigenvalue weighted by Crippen LogP contribution is -2.28. The fraction of sp³-hybridized carbons (Fsp3) is 0.333. The third-order valence-corrected chi connectivity index (χ3v) is 7.21. The number of nitrogens with zero attached hydrogens (tertiary/aromatic N) is 1. The molecule has 4 rings (SSSR count). The first-order valence-corrected chi connectivity index (χ1v) is 10.6. The number of aromatic nitrogens is 1. The van der Waals surface area contributed by atoms with Crippen LogP contribution >= 0.6 is 0 Å². The number of nitrogens with one attached hydrogen (secondary N) is 1. The van der Waals surface area contributed by atoms with E-state index in [0.29, 0.717) is 23.9 Å². The number of hydrogen-bond donors (Lipinski definition) is 1. The Morgan fingerprint density at radius 3 is 2.50 bits per heavy atom. The van der Waals surface area contributed by atoms with Gasteiger partial charge in [0.25, 0.3) is 0 Å². The Morgan fingerprint density at radius 2 is 1.81 bits per heavy atom. The first-order valence-electron chi connectivity index (χ1n) is 9.13. The molecule has 4 nitrogen and oxygen atoms in total. The van der Waals surface area contributed by atoms with Crippen LogP contribution in [0.1, 0.15) is 43.4 Å². The normalized spacial score (nSPS) is 18.8. The van der Waals surface area contributed by atoms with Crippen LogP contribution in [0.25, 0.3) is 10.9 Å². The maximum absolute atomic E-state index is 13.0. The average Bonchev–Trinajstić information content (AvgIpc) is 3.28. The molecule has 0 amide bonds. The minimum atomic E-state index is -3.43. The topological polar surface area (TPSA) is 53.2 Å². The Morgan fingerprint density at radius 1 is 1.08 bits per heavy atom. The van der Waals surface area contributed by atoms with E-state index >= 15 is 0 Å². The van der Waals surface area contributed by atoms with E-state index in [1.807, 2.05) is 24.3 Å². The standard InChI is InChI=1S/C21H24N2O2S/c1-15(2)16-7-9-19(10-8-16)26(24,25)23-12-11-18(14-23)21-13-17-5-3-4-6-20(17)22-21/h3-10,13,15,18,22H,11-12,14H2,1-2H3. The van der Waals surface area contributed by atoms with Gasteiger partial charge < -0.3 is 4.98 Å². The second kappa shape index (κ2) is 6.56. The predicted molar refractivity (Wildman–Crippen MR) is 105 cm³/mol. The van der Waals surface area contributed by atoms with Crippen molar-refractivity contribution in [3.63, 3.8) is 0 Å². The van der Waals surface area contributed by atoms with E-state index in [4.69, 9.17) is 0 Å². The van der Waals surface area contributed by atoms with Crippen LogP contribution in [-0.2, 0) is 10.0 Å². The fourth-order valence-corrected chi connectivity index (χ4v) is 5.19. The van der Waals surface area contributed by atoms with Crippen LogP contribution in [0, 0.1) is 0 Å². The summed E-state index contributed by atoms with van der Waals surface area (Å²) in [5.41, 5.74) is 3.38. The second-order valence-electron chi connectivity index (χ2n) is 7.38. The lowest BCUT2D eigenvalue weighted by molar-refractivity contribution is 0.472. The van der Waals surface area contributed by atoms with E-state index in [0.717, 1.165) is 23.2 Å². The lowest BCUT2D eigenvalue weighted by atomic mass is 10.0. The molecule has 1 N–H and O–H groups in total. The van der Waals surface area contributed by atoms with Gasteiger partial charge in [-0.15, -0.1) is 0 Å². The molecule has 1 aromatic heterocycles. The molecule has 26 heavy (non-hydrogen) atoms. The van der Waals surface area contributed by atoms with E-state index in [2.05, 4.69) is 37.0 Å². The van der Waals surface area contributed by atoms with Gasteiger partial charge in [0.2, 0.25) is 10.0 Å². The number of H-pyrrole nitrogens is 1. The van der Waals surface area contributed by atoms with Crippen molar-refractivity contribution in [2.45, 2.75) is 37.0 Å². The molecular weight excluding hydrogens is 344 g/mol. The number of fused-ring (bicyclic) bond motifs is 1. The lowest BCUT2D eigenvalue weighted by Gasteiger charge is -2.17. The van der Waals surface area contributed by atoms with Gasteiger partial charge in [0.15, 0.2) is 0 Å². The van der Waals surface area contributed by atoms with Gasteiger partial charge in [-0.2, -0.15) is 4.31 Å². The zero-order valence-corrected chi connectivity index (χ0v) is 16.0. The van der Waals surface area contributed by atoms with Crippen molar-refractivity contribution >= 4 is 20.9 Å². The van der Waals surface area contributed by atoms with E-state index in [1.165, 1.54) is 5.39 Å². The van der Waals surface area contributed by atoms with Crippen molar-refractivity contribution < 1.29 is 8.42 Å². The summed E-state index contributed by atoms with van der Waals surface area (Å²) in [7, 11) is -3.43. The molecule has 1 aliphatic rings. The number of hydrogen-bond acceptors (Lipinski definition) is 2. The molecule has 1 atom stereocenters. The summed E-state index contributed by atoms with van der Waals surface area (Å²) >= 11 is 0. The quantitative estimate of drug-likeness (QED) is 0.739. The Labute approximate surface area is 154 Å². The van der Waals surface area contributed by atoms with Crippen LogP contribution in [0.2, 0.25) is 0 Å². The largest absolute Gasteiger partial charge is 0.358 e. The smallest absolute Gasteiger partial charge is 0.243 e. The summed E-state index contributed by atoms with van der Waals surface area (Å²) in [5.74, 6) is 0.608. The van der Waals surface area contributed by atoms with Crippen molar-refractivity contribution in [1.82, 2.24) is 9.29 Å². The summed E-state index contributed by atoms with van der Waals surface area (Å²) < 4.78 is 27.6. The minimum absolute atomic E-state index is 0.215. The van der Waals surface area contributed by atoms with Crippen molar-refractivity contribution in [2.24, 2.45) is 0 Å². The monoisotopic (exact) mass is 368 g/mol. The highest BCUT2D eigenvalue weighted by Gasteiger charge is 2.33. The molecule has 0 bridgehead atoms. The maximum atomic E-state index is 13.0. The molecule has 5 heteroatoms. The first-order chi connectivity index (χ1) is 12.4. The molecule has 2 heterocycles. The van der Waals surface area contributed by atoms with Gasteiger partial charge in [-0.25, -0.2) is 8.42 Å². The second-order valence-corrected chi connectivity index (χ2v) is 9.32. The zero-order valence-electron chi connectivity index (χ0n) is 15.1. The Hall–Kier alpha value is -2.11. The van der Waals surface area contributed by atoms with Gasteiger partial charge in [0.1, 0.15) is 0 Å². The van der Waals surface area contributed by atoms with Gasteiger partial charge in [0.05, 0.1) is 4.90 Å². The van der Waals surface area contributed by atoms with Crippen molar-refractivity contribution in [3.05, 3.63) is 65.9 Å². The highest BCUT2D eigenvalue weighted by atomic mass is 32.2. The number of aromatic amines is 1. The molecule has 1 saturated heterocycles. The number of benzene rings is 2. The van der Waals surface area contributed by atoms with Crippen LogP contribution in [0.3, 0.4) is 0 Å². The molecule has 3 aromatic rings. The molecule has 0 radical (unpaired) electrons. The Bertz CT molecular complexity index is 987. The zero-order chi connectivity index (χ0) is 18.3. The Kier molecular flexibility index (Phi) is 4.37. The number of sulfonamides is 1. The minimum Gasteiger partial charge on any atom is -0.358 e. The summed E-state index contributed by atoms with van der Waals surface area (Å²) in [6.45, 7) is 5.30. The van der Waals surface area contributed by atoms with Crippen LogP contribution in [0.5, 0.6) is 0 Å². The van der Waals surface area contributed by atoms with Gasteiger partial charge in [0, 0.05) is 30.2 Å².